The maximum atomic E-state index is 11.4. The van der Waals surface area contributed by atoms with Crippen LogP contribution in [0.1, 0.15) is 34.1 Å². The number of amides is 1. The molecular formula is C11H22N2O3. The third-order valence-corrected chi connectivity index (χ3v) is 2.79. The lowest BCUT2D eigenvalue weighted by Gasteiger charge is -2.27. The smallest absolute Gasteiger partial charge is 0.305 e. The highest BCUT2D eigenvalue weighted by atomic mass is 16.4. The van der Waals surface area contributed by atoms with Crippen LogP contribution >= 0.6 is 0 Å². The summed E-state index contributed by atoms with van der Waals surface area (Å²) in [4.78, 5) is 21.8. The molecule has 4 N–H and O–H groups in total. The van der Waals surface area contributed by atoms with E-state index in [1.165, 1.54) is 0 Å². The molecule has 0 aromatic heterocycles. The van der Waals surface area contributed by atoms with E-state index in [0.29, 0.717) is 12.5 Å². The van der Waals surface area contributed by atoms with Crippen molar-refractivity contribution in [3.05, 3.63) is 0 Å². The Morgan fingerprint density at radius 1 is 1.38 bits per heavy atom. The van der Waals surface area contributed by atoms with Gasteiger partial charge >= 0.3 is 5.97 Å². The molecule has 5 heteroatoms. The molecule has 0 saturated carbocycles. The van der Waals surface area contributed by atoms with E-state index >= 15 is 0 Å². The van der Waals surface area contributed by atoms with Crippen molar-refractivity contribution in [2.45, 2.75) is 40.2 Å². The van der Waals surface area contributed by atoms with Crippen LogP contribution in [0, 0.1) is 11.3 Å². The molecule has 5 nitrogen and oxygen atoms in total. The lowest BCUT2D eigenvalue weighted by molar-refractivity contribution is -0.139. The van der Waals surface area contributed by atoms with E-state index in [4.69, 9.17) is 10.8 Å². The van der Waals surface area contributed by atoms with E-state index in [-0.39, 0.29) is 11.8 Å². The maximum absolute atomic E-state index is 11.4. The highest BCUT2D eigenvalue weighted by Gasteiger charge is 2.22. The Labute approximate surface area is 96.4 Å². The number of rotatable bonds is 5. The standard InChI is InChI=1S/C11H22N2O3/c1-7(11(2,3)4)6-13-10(16)8(12)5-9(14)15/h7-8H,5-6,12H2,1-4H3,(H,13,16)(H,14,15). The van der Waals surface area contributed by atoms with Crippen molar-refractivity contribution < 1.29 is 14.7 Å². The normalized spacial score (nSPS) is 15.3. The van der Waals surface area contributed by atoms with Gasteiger partial charge in [-0.05, 0) is 11.3 Å². The summed E-state index contributed by atoms with van der Waals surface area (Å²) >= 11 is 0. The number of carboxylic acids is 1. The van der Waals surface area contributed by atoms with Crippen LogP contribution in [0.5, 0.6) is 0 Å². The Kier molecular flexibility index (Phi) is 5.44. The van der Waals surface area contributed by atoms with E-state index in [0.717, 1.165) is 0 Å². The number of carbonyl (C=O) groups is 2. The van der Waals surface area contributed by atoms with Crippen LogP contribution in [0.25, 0.3) is 0 Å². The van der Waals surface area contributed by atoms with Crippen molar-refractivity contribution in [1.29, 1.82) is 0 Å². The second-order valence-electron chi connectivity index (χ2n) is 5.22. The van der Waals surface area contributed by atoms with Gasteiger partial charge in [-0.2, -0.15) is 0 Å². The second kappa shape index (κ2) is 5.84. The zero-order valence-electron chi connectivity index (χ0n) is 10.4. The third kappa shape index (κ3) is 5.70. The molecule has 0 aromatic rings. The van der Waals surface area contributed by atoms with Crippen LogP contribution in [0.4, 0.5) is 0 Å². The van der Waals surface area contributed by atoms with E-state index in [1.807, 2.05) is 6.92 Å². The van der Waals surface area contributed by atoms with E-state index < -0.39 is 17.9 Å². The molecule has 0 aromatic carbocycles. The van der Waals surface area contributed by atoms with Crippen molar-refractivity contribution in [2.75, 3.05) is 6.54 Å². The number of carbonyl (C=O) groups excluding carboxylic acids is 1. The second-order valence-corrected chi connectivity index (χ2v) is 5.22. The first-order valence-corrected chi connectivity index (χ1v) is 5.39. The number of hydrogen-bond donors (Lipinski definition) is 3. The molecule has 1 amide bonds. The monoisotopic (exact) mass is 230 g/mol. The molecule has 0 saturated heterocycles. The van der Waals surface area contributed by atoms with Gasteiger partial charge in [0.05, 0.1) is 12.5 Å². The Morgan fingerprint density at radius 3 is 2.25 bits per heavy atom. The van der Waals surface area contributed by atoms with Gasteiger partial charge < -0.3 is 16.2 Å². The number of carboxylic acid groups (broad SMARTS) is 1. The van der Waals surface area contributed by atoms with Crippen LogP contribution < -0.4 is 11.1 Å². The summed E-state index contributed by atoms with van der Waals surface area (Å²) in [5, 5.41) is 11.1. The number of nitrogens with one attached hydrogen (secondary N) is 1. The summed E-state index contributed by atoms with van der Waals surface area (Å²) < 4.78 is 0. The third-order valence-electron chi connectivity index (χ3n) is 2.79. The van der Waals surface area contributed by atoms with Gasteiger partial charge in [-0.15, -0.1) is 0 Å². The molecular weight excluding hydrogens is 208 g/mol. The SMILES string of the molecule is CC(CNC(=O)C(N)CC(=O)O)C(C)(C)C. The van der Waals surface area contributed by atoms with Gasteiger partial charge in [0.2, 0.25) is 5.91 Å². The van der Waals surface area contributed by atoms with Gasteiger partial charge in [0, 0.05) is 6.54 Å². The molecule has 0 aliphatic carbocycles. The Bertz CT molecular complexity index is 258. The summed E-state index contributed by atoms with van der Waals surface area (Å²) in [5.74, 6) is -1.17. The first-order valence-electron chi connectivity index (χ1n) is 5.39. The quantitative estimate of drug-likeness (QED) is 0.644. The summed E-state index contributed by atoms with van der Waals surface area (Å²) in [6, 6.07) is -0.968. The molecule has 94 valence electrons. The molecule has 0 heterocycles. The zero-order valence-corrected chi connectivity index (χ0v) is 10.4. The van der Waals surface area contributed by atoms with Gasteiger partial charge in [0.25, 0.3) is 0 Å². The highest BCUT2D eigenvalue weighted by molar-refractivity contribution is 5.85. The number of hydrogen-bond acceptors (Lipinski definition) is 3. The molecule has 0 fully saturated rings. The van der Waals surface area contributed by atoms with Crippen molar-refractivity contribution in [1.82, 2.24) is 5.32 Å². The molecule has 0 spiro atoms. The minimum absolute atomic E-state index is 0.101. The van der Waals surface area contributed by atoms with E-state index in [1.54, 1.807) is 0 Å². The van der Waals surface area contributed by atoms with Crippen LogP contribution in [-0.4, -0.2) is 29.6 Å². The number of nitrogens with two attached hydrogens (primary N) is 1. The lowest BCUT2D eigenvalue weighted by atomic mass is 9.82. The molecule has 0 rings (SSSR count). The van der Waals surface area contributed by atoms with E-state index in [2.05, 4.69) is 26.1 Å². The number of aliphatic carboxylic acids is 1. The molecule has 0 aliphatic heterocycles. The zero-order chi connectivity index (χ0) is 12.9. The molecule has 0 aliphatic rings. The molecule has 0 radical (unpaired) electrons. The van der Waals surface area contributed by atoms with Crippen LogP contribution in [0.2, 0.25) is 0 Å². The first-order chi connectivity index (χ1) is 7.14. The first kappa shape index (κ1) is 14.9. The Hall–Kier alpha value is -1.10. The fourth-order valence-electron chi connectivity index (χ4n) is 0.972. The average molecular weight is 230 g/mol. The fourth-order valence-corrected chi connectivity index (χ4v) is 0.972. The van der Waals surface area contributed by atoms with Crippen molar-refractivity contribution in [2.24, 2.45) is 17.1 Å². The van der Waals surface area contributed by atoms with Gasteiger partial charge in [0.1, 0.15) is 0 Å². The maximum Gasteiger partial charge on any atom is 0.305 e. The molecule has 16 heavy (non-hydrogen) atoms. The summed E-state index contributed by atoms with van der Waals surface area (Å²) in [5.41, 5.74) is 5.52. The van der Waals surface area contributed by atoms with Crippen LogP contribution in [0.3, 0.4) is 0 Å². The fraction of sp³-hybridized carbons (Fsp3) is 0.818. The predicted molar refractivity (Wildman–Crippen MR) is 61.9 cm³/mol. The van der Waals surface area contributed by atoms with Gasteiger partial charge in [-0.25, -0.2) is 0 Å². The van der Waals surface area contributed by atoms with Crippen LogP contribution in [0.15, 0.2) is 0 Å². The summed E-state index contributed by atoms with van der Waals surface area (Å²) in [6.07, 6.45) is -0.338. The minimum atomic E-state index is -1.06. The molecule has 2 atom stereocenters. The van der Waals surface area contributed by atoms with Gasteiger partial charge in [0.15, 0.2) is 0 Å². The summed E-state index contributed by atoms with van der Waals surface area (Å²) in [6.45, 7) is 8.79. The average Bonchev–Trinajstić information content (AvgIpc) is 2.10. The highest BCUT2D eigenvalue weighted by Crippen LogP contribution is 2.24. The van der Waals surface area contributed by atoms with Crippen molar-refractivity contribution in [3.63, 3.8) is 0 Å². The predicted octanol–water partition coefficient (Wildman–Crippen LogP) is 0.587. The molecule has 0 bridgehead atoms. The van der Waals surface area contributed by atoms with Crippen molar-refractivity contribution in [3.8, 4) is 0 Å². The summed E-state index contributed by atoms with van der Waals surface area (Å²) in [7, 11) is 0. The lowest BCUT2D eigenvalue weighted by Crippen LogP contribution is -2.44. The van der Waals surface area contributed by atoms with Gasteiger partial charge in [-0.3, -0.25) is 9.59 Å². The van der Waals surface area contributed by atoms with Crippen LogP contribution in [-0.2, 0) is 9.59 Å². The van der Waals surface area contributed by atoms with Crippen molar-refractivity contribution >= 4 is 11.9 Å². The molecule has 2 unspecified atom stereocenters. The largest absolute Gasteiger partial charge is 0.481 e. The minimum Gasteiger partial charge on any atom is -0.481 e. The topological polar surface area (TPSA) is 92.4 Å². The van der Waals surface area contributed by atoms with E-state index in [9.17, 15) is 9.59 Å². The van der Waals surface area contributed by atoms with Gasteiger partial charge in [-0.1, -0.05) is 27.7 Å². The Morgan fingerprint density at radius 2 is 1.88 bits per heavy atom. The Balaban J connectivity index is 4.03.